The zero-order valence-corrected chi connectivity index (χ0v) is 17.4. The number of likely N-dealkylation sites (tertiary alicyclic amines) is 1. The number of aryl methyl sites for hydroxylation is 1. The Labute approximate surface area is 177 Å². The third-order valence-electron chi connectivity index (χ3n) is 5.77. The molecule has 0 saturated carbocycles. The van der Waals surface area contributed by atoms with E-state index in [9.17, 15) is 9.90 Å². The van der Waals surface area contributed by atoms with E-state index >= 15 is 0 Å². The van der Waals surface area contributed by atoms with Gasteiger partial charge in [0.05, 0.1) is 12.0 Å². The van der Waals surface area contributed by atoms with Crippen molar-refractivity contribution < 1.29 is 9.90 Å². The lowest BCUT2D eigenvalue weighted by Crippen LogP contribution is -2.44. The smallest absolute Gasteiger partial charge is 0.229 e. The number of hydrogen-bond donors (Lipinski definition) is 2. The Morgan fingerprint density at radius 3 is 2.83 bits per heavy atom. The number of anilines is 1. The molecule has 0 unspecified atom stereocenters. The predicted octanol–water partition coefficient (Wildman–Crippen LogP) is 3.80. The molecule has 2 N–H and O–H groups in total. The average molecular weight is 404 g/mol. The molecule has 0 spiro atoms. The SMILES string of the molecule is Cc1cccc(NC(=O)[C@H]2CCCN(C[C@@H](O)Cc3ccc4ccccc4c3)C2)n1. The number of hydrogen-bond acceptors (Lipinski definition) is 4. The fourth-order valence-electron chi connectivity index (χ4n) is 4.28. The lowest BCUT2D eigenvalue weighted by molar-refractivity contribution is -0.121. The van der Waals surface area contributed by atoms with Gasteiger partial charge in [-0.15, -0.1) is 0 Å². The number of carbonyl (C=O) groups is 1. The van der Waals surface area contributed by atoms with Crippen molar-refractivity contribution in [3.8, 4) is 0 Å². The standard InChI is InChI=1S/C25H29N3O2/c1-18-6-4-10-24(26-18)27-25(30)22-9-5-13-28(16-22)17-23(29)15-19-11-12-20-7-2-3-8-21(20)14-19/h2-4,6-8,10-12,14,22-23,29H,5,9,13,15-17H2,1H3,(H,26,27,30)/t22-,23-/m0/s1. The summed E-state index contributed by atoms with van der Waals surface area (Å²) < 4.78 is 0. The van der Waals surface area contributed by atoms with E-state index in [-0.39, 0.29) is 11.8 Å². The van der Waals surface area contributed by atoms with Crippen LogP contribution in [0.25, 0.3) is 10.8 Å². The van der Waals surface area contributed by atoms with Crippen LogP contribution in [-0.4, -0.2) is 46.6 Å². The van der Waals surface area contributed by atoms with Gasteiger partial charge in [0.2, 0.25) is 5.91 Å². The lowest BCUT2D eigenvalue weighted by Gasteiger charge is -2.33. The number of fused-ring (bicyclic) bond motifs is 1. The summed E-state index contributed by atoms with van der Waals surface area (Å²) in [5.41, 5.74) is 2.02. The van der Waals surface area contributed by atoms with Crippen LogP contribution in [-0.2, 0) is 11.2 Å². The van der Waals surface area contributed by atoms with Crippen LogP contribution in [0.3, 0.4) is 0 Å². The molecule has 0 radical (unpaired) electrons. The number of carbonyl (C=O) groups excluding carboxylic acids is 1. The summed E-state index contributed by atoms with van der Waals surface area (Å²) in [6.45, 7) is 4.09. The quantitative estimate of drug-likeness (QED) is 0.657. The number of aromatic nitrogens is 1. The van der Waals surface area contributed by atoms with Gasteiger partial charge >= 0.3 is 0 Å². The monoisotopic (exact) mass is 403 g/mol. The number of piperidine rings is 1. The van der Waals surface area contributed by atoms with Gasteiger partial charge in [-0.1, -0.05) is 48.5 Å². The van der Waals surface area contributed by atoms with Crippen LogP contribution in [0.2, 0.25) is 0 Å². The van der Waals surface area contributed by atoms with Crippen LogP contribution in [0.5, 0.6) is 0 Å². The molecule has 1 aromatic heterocycles. The molecule has 2 aromatic carbocycles. The number of nitrogens with one attached hydrogen (secondary N) is 1. The van der Waals surface area contributed by atoms with Crippen molar-refractivity contribution in [2.24, 2.45) is 5.92 Å². The summed E-state index contributed by atoms with van der Waals surface area (Å²) in [5, 5.41) is 16.0. The summed E-state index contributed by atoms with van der Waals surface area (Å²) in [4.78, 5) is 19.3. The van der Waals surface area contributed by atoms with Crippen molar-refractivity contribution >= 4 is 22.5 Å². The second kappa shape index (κ2) is 9.37. The zero-order valence-electron chi connectivity index (χ0n) is 17.4. The molecule has 1 aliphatic rings. The molecule has 0 aliphatic carbocycles. The van der Waals surface area contributed by atoms with Crippen molar-refractivity contribution in [3.63, 3.8) is 0 Å². The van der Waals surface area contributed by atoms with Crippen LogP contribution >= 0.6 is 0 Å². The first-order valence-electron chi connectivity index (χ1n) is 10.7. The molecule has 1 amide bonds. The van der Waals surface area contributed by atoms with E-state index in [1.807, 2.05) is 37.3 Å². The molecule has 30 heavy (non-hydrogen) atoms. The van der Waals surface area contributed by atoms with E-state index in [2.05, 4.69) is 45.5 Å². The van der Waals surface area contributed by atoms with Gasteiger partial charge in [-0.2, -0.15) is 0 Å². The van der Waals surface area contributed by atoms with Gasteiger partial charge in [0, 0.05) is 18.8 Å². The van der Waals surface area contributed by atoms with Crippen molar-refractivity contribution in [1.82, 2.24) is 9.88 Å². The number of β-amino-alcohol motifs (C(OH)–C–C–N with tert-alkyl or cyclic N) is 1. The zero-order chi connectivity index (χ0) is 20.9. The number of aliphatic hydroxyl groups excluding tert-OH is 1. The summed E-state index contributed by atoms with van der Waals surface area (Å²) >= 11 is 0. The van der Waals surface area contributed by atoms with Crippen molar-refractivity contribution in [1.29, 1.82) is 0 Å². The summed E-state index contributed by atoms with van der Waals surface area (Å²) in [7, 11) is 0. The van der Waals surface area contributed by atoms with Gasteiger partial charge in [-0.3, -0.25) is 9.69 Å². The molecule has 3 aromatic rings. The molecule has 5 nitrogen and oxygen atoms in total. The third-order valence-corrected chi connectivity index (χ3v) is 5.77. The average Bonchev–Trinajstić information content (AvgIpc) is 2.74. The molecule has 2 atom stereocenters. The van der Waals surface area contributed by atoms with Gasteiger partial charge in [0.25, 0.3) is 0 Å². The van der Waals surface area contributed by atoms with E-state index in [1.54, 1.807) is 0 Å². The first-order chi connectivity index (χ1) is 14.6. The second-order valence-corrected chi connectivity index (χ2v) is 8.29. The molecule has 2 heterocycles. The van der Waals surface area contributed by atoms with Crippen LogP contribution in [0.1, 0.15) is 24.1 Å². The highest BCUT2D eigenvalue weighted by Crippen LogP contribution is 2.20. The van der Waals surface area contributed by atoms with Crippen LogP contribution in [0, 0.1) is 12.8 Å². The molecule has 1 saturated heterocycles. The number of nitrogens with zero attached hydrogens (tertiary/aromatic N) is 2. The van der Waals surface area contributed by atoms with Gasteiger partial charge in [0.15, 0.2) is 0 Å². The van der Waals surface area contributed by atoms with Crippen LogP contribution in [0.15, 0.2) is 60.7 Å². The van der Waals surface area contributed by atoms with Crippen molar-refractivity contribution in [2.45, 2.75) is 32.3 Å². The maximum Gasteiger partial charge on any atom is 0.229 e. The lowest BCUT2D eigenvalue weighted by atomic mass is 9.96. The van der Waals surface area contributed by atoms with E-state index in [1.165, 1.54) is 10.8 Å². The number of rotatable bonds is 6. The van der Waals surface area contributed by atoms with Crippen LogP contribution in [0.4, 0.5) is 5.82 Å². The number of amides is 1. The molecule has 0 bridgehead atoms. The van der Waals surface area contributed by atoms with E-state index < -0.39 is 6.10 Å². The van der Waals surface area contributed by atoms with Crippen molar-refractivity contribution in [3.05, 3.63) is 71.9 Å². The second-order valence-electron chi connectivity index (χ2n) is 8.29. The Kier molecular flexibility index (Phi) is 6.41. The first-order valence-corrected chi connectivity index (χ1v) is 10.7. The minimum absolute atomic E-state index is 0.0156. The fraction of sp³-hybridized carbons (Fsp3) is 0.360. The first kappa shape index (κ1) is 20.5. The molecule has 4 rings (SSSR count). The Morgan fingerprint density at radius 2 is 2.00 bits per heavy atom. The number of aliphatic hydroxyl groups is 1. The molecule has 5 heteroatoms. The molecule has 1 fully saturated rings. The summed E-state index contributed by atoms with van der Waals surface area (Å²) in [5.74, 6) is 0.546. The van der Waals surface area contributed by atoms with E-state index in [0.717, 1.165) is 30.6 Å². The highest BCUT2D eigenvalue weighted by atomic mass is 16.3. The molecular weight excluding hydrogens is 374 g/mol. The Balaban J connectivity index is 1.32. The summed E-state index contributed by atoms with van der Waals surface area (Å²) in [6.07, 6.45) is 1.99. The predicted molar refractivity (Wildman–Crippen MR) is 120 cm³/mol. The highest BCUT2D eigenvalue weighted by Gasteiger charge is 2.27. The largest absolute Gasteiger partial charge is 0.391 e. The Morgan fingerprint density at radius 1 is 1.17 bits per heavy atom. The minimum Gasteiger partial charge on any atom is -0.391 e. The van der Waals surface area contributed by atoms with E-state index in [0.29, 0.717) is 25.3 Å². The molecular formula is C25H29N3O2. The van der Waals surface area contributed by atoms with Gasteiger partial charge < -0.3 is 10.4 Å². The highest BCUT2D eigenvalue weighted by molar-refractivity contribution is 5.91. The third kappa shape index (κ3) is 5.23. The molecule has 156 valence electrons. The molecule has 1 aliphatic heterocycles. The van der Waals surface area contributed by atoms with E-state index in [4.69, 9.17) is 0 Å². The number of pyridine rings is 1. The normalized spacial score (nSPS) is 18.3. The fourth-order valence-corrected chi connectivity index (χ4v) is 4.28. The van der Waals surface area contributed by atoms with Gasteiger partial charge in [-0.05, 0) is 61.2 Å². The Hall–Kier alpha value is -2.76. The maximum absolute atomic E-state index is 12.7. The minimum atomic E-state index is -0.452. The Bertz CT molecular complexity index is 1020. The van der Waals surface area contributed by atoms with Gasteiger partial charge in [0.1, 0.15) is 5.82 Å². The summed E-state index contributed by atoms with van der Waals surface area (Å²) in [6, 6.07) is 20.2. The number of benzene rings is 2. The van der Waals surface area contributed by atoms with Crippen molar-refractivity contribution in [2.75, 3.05) is 25.0 Å². The maximum atomic E-state index is 12.7. The topological polar surface area (TPSA) is 65.5 Å². The van der Waals surface area contributed by atoms with Crippen LogP contribution < -0.4 is 5.32 Å². The van der Waals surface area contributed by atoms with Gasteiger partial charge in [-0.25, -0.2) is 4.98 Å².